The van der Waals surface area contributed by atoms with Gasteiger partial charge in [-0.2, -0.15) is 0 Å². The summed E-state index contributed by atoms with van der Waals surface area (Å²) in [6.45, 7) is 1.90. The number of nitrogens with zero attached hydrogens (tertiary/aromatic N) is 1. The van der Waals surface area contributed by atoms with Crippen LogP contribution in [0.25, 0.3) is 10.9 Å². The molecule has 2 aromatic rings. The normalized spacial score (nSPS) is 15.1. The summed E-state index contributed by atoms with van der Waals surface area (Å²) < 4.78 is 14.3. The molecule has 1 fully saturated rings. The Hall–Kier alpha value is -1.16. The molecule has 0 saturated heterocycles. The molecule has 1 aromatic heterocycles. The Kier molecular flexibility index (Phi) is 2.77. The van der Waals surface area contributed by atoms with Crippen molar-refractivity contribution < 1.29 is 4.39 Å². The van der Waals surface area contributed by atoms with Crippen LogP contribution in [0.1, 0.15) is 30.0 Å². The van der Waals surface area contributed by atoms with Gasteiger partial charge in [0.25, 0.3) is 0 Å². The Morgan fingerprint density at radius 3 is 2.72 bits per heavy atom. The number of hydrogen-bond acceptors (Lipinski definition) is 2. The van der Waals surface area contributed by atoms with Crippen LogP contribution in [-0.4, -0.2) is 12.0 Å². The molecule has 1 aliphatic carbocycles. The van der Waals surface area contributed by atoms with Gasteiger partial charge in [-0.3, -0.25) is 4.98 Å². The molecule has 1 aliphatic rings. The average molecular weight is 309 g/mol. The van der Waals surface area contributed by atoms with Crippen molar-refractivity contribution >= 4 is 32.5 Å². The second-order valence-corrected chi connectivity index (χ2v) is 5.62. The highest BCUT2D eigenvalue weighted by molar-refractivity contribution is 9.10. The van der Waals surface area contributed by atoms with Crippen molar-refractivity contribution in [1.29, 1.82) is 0 Å². The van der Waals surface area contributed by atoms with Crippen LogP contribution < -0.4 is 5.32 Å². The second kappa shape index (κ2) is 4.19. The predicted octanol–water partition coefficient (Wildman–Crippen LogP) is 4.36. The number of pyridine rings is 1. The monoisotopic (exact) mass is 308 g/mol. The van der Waals surface area contributed by atoms with Crippen molar-refractivity contribution in [2.45, 2.75) is 25.7 Å². The van der Waals surface area contributed by atoms with E-state index in [0.29, 0.717) is 10.4 Å². The zero-order valence-corrected chi connectivity index (χ0v) is 11.9. The fourth-order valence-electron chi connectivity index (χ4n) is 2.30. The zero-order valence-electron chi connectivity index (χ0n) is 10.3. The molecule has 3 rings (SSSR count). The Morgan fingerprint density at radius 2 is 2.11 bits per heavy atom. The molecule has 0 spiro atoms. The molecule has 1 saturated carbocycles. The van der Waals surface area contributed by atoms with Gasteiger partial charge in [-0.1, -0.05) is 0 Å². The van der Waals surface area contributed by atoms with Gasteiger partial charge in [0.1, 0.15) is 5.82 Å². The minimum absolute atomic E-state index is 0.238. The Bertz CT molecular complexity index is 635. The van der Waals surface area contributed by atoms with E-state index in [1.54, 1.807) is 0 Å². The Morgan fingerprint density at radius 1 is 1.39 bits per heavy atom. The van der Waals surface area contributed by atoms with Gasteiger partial charge in [0, 0.05) is 29.7 Å². The van der Waals surface area contributed by atoms with E-state index in [-0.39, 0.29) is 5.82 Å². The first-order chi connectivity index (χ1) is 8.61. The Balaban J connectivity index is 2.38. The lowest BCUT2D eigenvalue weighted by molar-refractivity contribution is 0.622. The molecule has 0 amide bonds. The highest BCUT2D eigenvalue weighted by Crippen LogP contribution is 2.42. The number of aromatic nitrogens is 1. The number of hydrogen-bond donors (Lipinski definition) is 1. The molecule has 0 radical (unpaired) electrons. The number of anilines is 1. The van der Waals surface area contributed by atoms with Crippen LogP contribution in [0.15, 0.2) is 16.6 Å². The summed E-state index contributed by atoms with van der Waals surface area (Å²) in [4.78, 5) is 4.71. The smallest absolute Gasteiger partial charge is 0.138 e. The zero-order chi connectivity index (χ0) is 12.9. The number of halogens is 2. The first kappa shape index (κ1) is 11.9. The lowest BCUT2D eigenvalue weighted by Crippen LogP contribution is -1.99. The van der Waals surface area contributed by atoms with Gasteiger partial charge < -0.3 is 5.32 Å². The van der Waals surface area contributed by atoms with E-state index in [9.17, 15) is 4.39 Å². The maximum Gasteiger partial charge on any atom is 0.138 e. The number of rotatable bonds is 2. The van der Waals surface area contributed by atoms with Gasteiger partial charge in [-0.05, 0) is 53.4 Å². The third-order valence-corrected chi connectivity index (χ3v) is 4.23. The topological polar surface area (TPSA) is 24.9 Å². The highest BCUT2D eigenvalue weighted by atomic mass is 79.9. The van der Waals surface area contributed by atoms with E-state index in [4.69, 9.17) is 4.98 Å². The summed E-state index contributed by atoms with van der Waals surface area (Å²) in [6, 6.07) is 3.58. The molecular weight excluding hydrogens is 295 g/mol. The fourth-order valence-corrected chi connectivity index (χ4v) is 2.81. The van der Waals surface area contributed by atoms with Crippen LogP contribution in [0.5, 0.6) is 0 Å². The highest BCUT2D eigenvalue weighted by Gasteiger charge is 2.26. The predicted molar refractivity (Wildman–Crippen MR) is 75.7 cm³/mol. The lowest BCUT2D eigenvalue weighted by atomic mass is 10.1. The second-order valence-electron chi connectivity index (χ2n) is 4.83. The molecule has 0 unspecified atom stereocenters. The van der Waals surface area contributed by atoms with E-state index >= 15 is 0 Å². The quantitative estimate of drug-likeness (QED) is 0.891. The largest absolute Gasteiger partial charge is 0.387 e. The van der Waals surface area contributed by atoms with Gasteiger partial charge in [0.15, 0.2) is 0 Å². The minimum Gasteiger partial charge on any atom is -0.387 e. The summed E-state index contributed by atoms with van der Waals surface area (Å²) in [6.07, 6.45) is 2.42. The van der Waals surface area contributed by atoms with Crippen LogP contribution in [0, 0.1) is 12.7 Å². The van der Waals surface area contributed by atoms with Gasteiger partial charge in [-0.15, -0.1) is 0 Å². The third-order valence-electron chi connectivity index (χ3n) is 3.45. The maximum atomic E-state index is 13.8. The number of benzene rings is 1. The van der Waals surface area contributed by atoms with Crippen LogP contribution in [0.4, 0.5) is 10.1 Å². The summed E-state index contributed by atoms with van der Waals surface area (Å²) in [5.41, 5.74) is 3.83. The summed E-state index contributed by atoms with van der Waals surface area (Å²) in [5.74, 6) is 0.349. The van der Waals surface area contributed by atoms with Crippen molar-refractivity contribution in [3.8, 4) is 0 Å². The van der Waals surface area contributed by atoms with E-state index in [1.165, 1.54) is 18.9 Å². The molecule has 1 aromatic carbocycles. The molecular formula is C14H14BrFN2. The fraction of sp³-hybridized carbons (Fsp3) is 0.357. The van der Waals surface area contributed by atoms with Gasteiger partial charge in [0.05, 0.1) is 9.99 Å². The summed E-state index contributed by atoms with van der Waals surface area (Å²) in [7, 11) is 1.86. The van der Waals surface area contributed by atoms with Gasteiger partial charge in [0.2, 0.25) is 0 Å². The van der Waals surface area contributed by atoms with Crippen LogP contribution in [-0.2, 0) is 0 Å². The lowest BCUT2D eigenvalue weighted by Gasteiger charge is -2.12. The SMILES string of the molecule is CNc1cc(C2CC2)nc2c(C)cc(F)c(Br)c12. The molecule has 0 aliphatic heterocycles. The molecule has 18 heavy (non-hydrogen) atoms. The van der Waals surface area contributed by atoms with E-state index in [1.807, 2.05) is 20.0 Å². The Labute approximate surface area is 114 Å². The number of nitrogens with one attached hydrogen (secondary N) is 1. The number of fused-ring (bicyclic) bond motifs is 1. The van der Waals surface area contributed by atoms with E-state index in [2.05, 4.69) is 21.2 Å². The summed E-state index contributed by atoms with van der Waals surface area (Å²) >= 11 is 3.33. The molecule has 0 atom stereocenters. The van der Waals surface area contributed by atoms with Crippen LogP contribution >= 0.6 is 15.9 Å². The van der Waals surface area contributed by atoms with Crippen molar-refractivity contribution in [3.05, 3.63) is 33.7 Å². The van der Waals surface area contributed by atoms with Gasteiger partial charge >= 0.3 is 0 Å². The minimum atomic E-state index is -0.238. The van der Waals surface area contributed by atoms with Gasteiger partial charge in [-0.25, -0.2) is 4.39 Å². The molecule has 1 heterocycles. The van der Waals surface area contributed by atoms with Crippen molar-refractivity contribution in [3.63, 3.8) is 0 Å². The first-order valence-electron chi connectivity index (χ1n) is 6.09. The van der Waals surface area contributed by atoms with Crippen molar-refractivity contribution in [1.82, 2.24) is 4.98 Å². The molecule has 1 N–H and O–H groups in total. The standard InChI is InChI=1S/C14H14BrFN2/c1-7-5-9(16)13(15)12-11(17-2)6-10(8-3-4-8)18-14(7)12/h5-6,8H,3-4H2,1-2H3,(H,17,18). The van der Waals surface area contributed by atoms with Crippen LogP contribution in [0.2, 0.25) is 0 Å². The van der Waals surface area contributed by atoms with E-state index in [0.717, 1.165) is 27.8 Å². The summed E-state index contributed by atoms with van der Waals surface area (Å²) in [5, 5.41) is 3.98. The molecule has 2 nitrogen and oxygen atoms in total. The third kappa shape index (κ3) is 1.79. The molecule has 4 heteroatoms. The van der Waals surface area contributed by atoms with E-state index < -0.39 is 0 Å². The average Bonchev–Trinajstić information content (AvgIpc) is 3.18. The van der Waals surface area contributed by atoms with Crippen molar-refractivity contribution in [2.75, 3.05) is 12.4 Å². The van der Waals surface area contributed by atoms with Crippen molar-refractivity contribution in [2.24, 2.45) is 0 Å². The first-order valence-corrected chi connectivity index (χ1v) is 6.88. The van der Waals surface area contributed by atoms with Crippen LogP contribution in [0.3, 0.4) is 0 Å². The number of aryl methyl sites for hydroxylation is 1. The molecule has 0 bridgehead atoms. The maximum absolute atomic E-state index is 13.8. The molecule has 94 valence electrons.